The van der Waals surface area contributed by atoms with Gasteiger partial charge in [-0.05, 0) is 50.1 Å². The molecule has 1 N–H and O–H groups in total. The van der Waals surface area contributed by atoms with Crippen molar-refractivity contribution in [3.8, 4) is 0 Å². The molecule has 3 rings (SSSR count). The van der Waals surface area contributed by atoms with Crippen molar-refractivity contribution in [2.24, 2.45) is 0 Å². The number of carbonyl (C=O) groups excluding carboxylic acids is 2. The molecule has 7 heteroatoms. The van der Waals surface area contributed by atoms with Gasteiger partial charge in [0.1, 0.15) is 4.88 Å². The molecule has 0 unspecified atom stereocenters. The van der Waals surface area contributed by atoms with E-state index in [1.807, 2.05) is 32.9 Å². The molecular formula is C17H16N2O3S2. The van der Waals surface area contributed by atoms with E-state index in [0.717, 1.165) is 26.2 Å². The predicted molar refractivity (Wildman–Crippen MR) is 97.1 cm³/mol. The minimum Gasteiger partial charge on any atom is -0.451 e. The van der Waals surface area contributed by atoms with Crippen LogP contribution in [0.15, 0.2) is 24.3 Å². The topological polar surface area (TPSA) is 68.3 Å². The van der Waals surface area contributed by atoms with Crippen LogP contribution < -0.4 is 5.32 Å². The molecule has 5 nitrogen and oxygen atoms in total. The molecule has 0 spiro atoms. The highest BCUT2D eigenvalue weighted by Gasteiger charge is 2.14. The smallest absolute Gasteiger partial charge is 0.348 e. The summed E-state index contributed by atoms with van der Waals surface area (Å²) in [7, 11) is 0. The molecule has 1 amide bonds. The largest absolute Gasteiger partial charge is 0.451 e. The van der Waals surface area contributed by atoms with Crippen LogP contribution >= 0.6 is 22.7 Å². The summed E-state index contributed by atoms with van der Waals surface area (Å²) in [6.07, 6.45) is 0. The molecule has 0 atom stereocenters. The zero-order valence-electron chi connectivity index (χ0n) is 13.5. The number of nitrogens with zero attached hydrogens (tertiary/aromatic N) is 1. The number of amides is 1. The van der Waals surface area contributed by atoms with Gasteiger partial charge in [-0.15, -0.1) is 11.3 Å². The number of nitrogens with one attached hydrogen (secondary N) is 1. The molecular weight excluding hydrogens is 344 g/mol. The Bertz CT molecular complexity index is 927. The van der Waals surface area contributed by atoms with E-state index in [4.69, 9.17) is 4.74 Å². The van der Waals surface area contributed by atoms with Crippen LogP contribution in [0.1, 0.15) is 25.7 Å². The highest BCUT2D eigenvalue weighted by Crippen LogP contribution is 2.29. The number of esters is 1. The van der Waals surface area contributed by atoms with Crippen molar-refractivity contribution in [2.45, 2.75) is 20.8 Å². The Labute approximate surface area is 147 Å². The second-order valence-electron chi connectivity index (χ2n) is 5.48. The van der Waals surface area contributed by atoms with Gasteiger partial charge in [-0.2, -0.15) is 0 Å². The van der Waals surface area contributed by atoms with Gasteiger partial charge in [-0.25, -0.2) is 9.78 Å². The summed E-state index contributed by atoms with van der Waals surface area (Å²) in [5.74, 6) is -0.885. The number of anilines is 1. The zero-order chi connectivity index (χ0) is 17.3. The van der Waals surface area contributed by atoms with E-state index in [-0.39, 0.29) is 6.61 Å². The zero-order valence-corrected chi connectivity index (χ0v) is 15.1. The second-order valence-corrected chi connectivity index (χ2v) is 7.80. The van der Waals surface area contributed by atoms with E-state index < -0.39 is 11.9 Å². The van der Waals surface area contributed by atoms with Gasteiger partial charge in [0.05, 0.1) is 10.2 Å². The maximum absolute atomic E-state index is 12.0. The Hall–Kier alpha value is -2.25. The highest BCUT2D eigenvalue weighted by molar-refractivity contribution is 7.22. The number of thiazole rings is 1. The number of benzene rings is 1. The van der Waals surface area contributed by atoms with Crippen molar-refractivity contribution < 1.29 is 14.3 Å². The van der Waals surface area contributed by atoms with Crippen molar-refractivity contribution in [3.05, 3.63) is 45.1 Å². The molecule has 124 valence electrons. The van der Waals surface area contributed by atoms with Crippen LogP contribution in [0.3, 0.4) is 0 Å². The number of aryl methyl sites for hydroxylation is 3. The van der Waals surface area contributed by atoms with Crippen molar-refractivity contribution in [2.75, 3.05) is 11.9 Å². The van der Waals surface area contributed by atoms with E-state index >= 15 is 0 Å². The fraction of sp³-hybridized carbons (Fsp3) is 0.235. The first-order valence-corrected chi connectivity index (χ1v) is 8.97. The van der Waals surface area contributed by atoms with Gasteiger partial charge in [-0.1, -0.05) is 17.4 Å². The third kappa shape index (κ3) is 3.63. The van der Waals surface area contributed by atoms with Crippen LogP contribution in [-0.4, -0.2) is 23.5 Å². The van der Waals surface area contributed by atoms with Crippen LogP contribution in [-0.2, 0) is 9.53 Å². The average Bonchev–Trinajstić information content (AvgIpc) is 3.11. The minimum atomic E-state index is -0.487. The maximum Gasteiger partial charge on any atom is 0.348 e. The SMILES string of the molecule is Cc1cc(C)c2nc(NC(=O)COC(=O)c3ccc(C)s3)sc2c1. The highest BCUT2D eigenvalue weighted by atomic mass is 32.1. The van der Waals surface area contributed by atoms with E-state index in [2.05, 4.69) is 16.4 Å². The molecule has 0 saturated carbocycles. The van der Waals surface area contributed by atoms with Gasteiger partial charge < -0.3 is 4.74 Å². The molecule has 0 saturated heterocycles. The number of hydrogen-bond donors (Lipinski definition) is 1. The van der Waals surface area contributed by atoms with Crippen LogP contribution in [0.4, 0.5) is 5.13 Å². The van der Waals surface area contributed by atoms with Crippen molar-refractivity contribution >= 4 is 49.9 Å². The summed E-state index contributed by atoms with van der Waals surface area (Å²) in [5, 5.41) is 3.19. The number of carbonyl (C=O) groups is 2. The molecule has 0 aliphatic heterocycles. The molecule has 24 heavy (non-hydrogen) atoms. The minimum absolute atomic E-state index is 0.330. The third-order valence-electron chi connectivity index (χ3n) is 3.35. The van der Waals surface area contributed by atoms with Gasteiger partial charge in [0.2, 0.25) is 0 Å². The summed E-state index contributed by atoms with van der Waals surface area (Å²) in [6.45, 7) is 5.59. The van der Waals surface area contributed by atoms with Crippen molar-refractivity contribution in [1.82, 2.24) is 4.98 Å². The number of fused-ring (bicyclic) bond motifs is 1. The van der Waals surface area contributed by atoms with E-state index in [0.29, 0.717) is 10.0 Å². The molecule has 2 heterocycles. The first-order chi connectivity index (χ1) is 11.4. The fourth-order valence-electron chi connectivity index (χ4n) is 2.33. The second kappa shape index (κ2) is 6.70. The third-order valence-corrected chi connectivity index (χ3v) is 5.25. The number of aromatic nitrogens is 1. The molecule has 0 aliphatic rings. The lowest BCUT2D eigenvalue weighted by molar-refractivity contribution is -0.119. The lowest BCUT2D eigenvalue weighted by atomic mass is 10.1. The summed E-state index contributed by atoms with van der Waals surface area (Å²) in [4.78, 5) is 29.7. The monoisotopic (exact) mass is 360 g/mol. The first kappa shape index (κ1) is 16.6. The maximum atomic E-state index is 12.0. The molecule has 0 fully saturated rings. The van der Waals surface area contributed by atoms with Crippen LogP contribution in [0.25, 0.3) is 10.2 Å². The van der Waals surface area contributed by atoms with Gasteiger partial charge in [0, 0.05) is 4.88 Å². The van der Waals surface area contributed by atoms with Gasteiger partial charge in [0.15, 0.2) is 11.7 Å². The van der Waals surface area contributed by atoms with Crippen LogP contribution in [0.5, 0.6) is 0 Å². The number of ether oxygens (including phenoxy) is 1. The van der Waals surface area contributed by atoms with Gasteiger partial charge in [0.25, 0.3) is 5.91 Å². The van der Waals surface area contributed by atoms with Crippen LogP contribution in [0, 0.1) is 20.8 Å². The summed E-state index contributed by atoms with van der Waals surface area (Å²) in [5.41, 5.74) is 3.11. The lowest BCUT2D eigenvalue weighted by Gasteiger charge is -2.03. The quantitative estimate of drug-likeness (QED) is 0.712. The number of hydrogen-bond acceptors (Lipinski definition) is 6. The molecule has 1 aromatic carbocycles. The molecule has 0 aliphatic carbocycles. The Morgan fingerprint density at radius 3 is 2.67 bits per heavy atom. The normalized spacial score (nSPS) is 10.8. The molecule has 0 radical (unpaired) electrons. The Morgan fingerprint density at radius 2 is 1.96 bits per heavy atom. The first-order valence-electron chi connectivity index (χ1n) is 7.33. The molecule has 2 aromatic heterocycles. The Kier molecular flexibility index (Phi) is 4.64. The average molecular weight is 360 g/mol. The summed E-state index contributed by atoms with van der Waals surface area (Å²) in [6, 6.07) is 7.62. The summed E-state index contributed by atoms with van der Waals surface area (Å²) >= 11 is 2.75. The summed E-state index contributed by atoms with van der Waals surface area (Å²) < 4.78 is 6.05. The standard InChI is InChI=1S/C17H16N2O3S2/c1-9-6-10(2)15-13(7-9)24-17(19-15)18-14(20)8-22-16(21)12-5-4-11(3)23-12/h4-7H,8H2,1-3H3,(H,18,19,20). The fourth-order valence-corrected chi connectivity index (χ4v) is 4.15. The van der Waals surface area contributed by atoms with E-state index in [1.54, 1.807) is 6.07 Å². The van der Waals surface area contributed by atoms with Crippen molar-refractivity contribution in [3.63, 3.8) is 0 Å². The molecule has 3 aromatic rings. The Balaban J connectivity index is 1.62. The molecule has 0 bridgehead atoms. The lowest BCUT2D eigenvalue weighted by Crippen LogP contribution is -2.20. The van der Waals surface area contributed by atoms with Crippen LogP contribution in [0.2, 0.25) is 0 Å². The Morgan fingerprint density at radius 1 is 1.17 bits per heavy atom. The number of thiophene rings is 1. The van der Waals surface area contributed by atoms with Gasteiger partial charge in [-0.3, -0.25) is 10.1 Å². The predicted octanol–water partition coefficient (Wildman–Crippen LogP) is 4.08. The van der Waals surface area contributed by atoms with Gasteiger partial charge >= 0.3 is 5.97 Å². The van der Waals surface area contributed by atoms with Crippen molar-refractivity contribution in [1.29, 1.82) is 0 Å². The van der Waals surface area contributed by atoms with E-state index in [9.17, 15) is 9.59 Å². The van der Waals surface area contributed by atoms with E-state index in [1.165, 1.54) is 22.7 Å². The number of rotatable bonds is 4.